The van der Waals surface area contributed by atoms with Crippen LogP contribution in [0.4, 0.5) is 0 Å². The minimum atomic E-state index is -0.355. The van der Waals surface area contributed by atoms with Gasteiger partial charge in [-0.3, -0.25) is 0 Å². The predicted molar refractivity (Wildman–Crippen MR) is 92.8 cm³/mol. The number of hydrogen-bond donors (Lipinski definition) is 0. The van der Waals surface area contributed by atoms with Gasteiger partial charge in [-0.25, -0.2) is 14.8 Å². The molecule has 0 aliphatic rings. The Morgan fingerprint density at radius 3 is 2.38 bits per heavy atom. The SMILES string of the molecule is CCCCc1cnc(-c2ccc(OCC(=O)OCCC)cc2)nc1. The first kappa shape index (κ1) is 17.9. The van der Waals surface area contributed by atoms with Crippen molar-refractivity contribution in [1.29, 1.82) is 0 Å². The third-order valence-electron chi connectivity index (χ3n) is 3.46. The summed E-state index contributed by atoms with van der Waals surface area (Å²) < 4.78 is 10.4. The van der Waals surface area contributed by atoms with E-state index >= 15 is 0 Å². The van der Waals surface area contributed by atoms with Gasteiger partial charge in [-0.15, -0.1) is 0 Å². The van der Waals surface area contributed by atoms with Crippen LogP contribution in [0.15, 0.2) is 36.7 Å². The van der Waals surface area contributed by atoms with E-state index in [1.165, 1.54) is 0 Å². The maximum absolute atomic E-state index is 11.4. The Morgan fingerprint density at radius 1 is 1.04 bits per heavy atom. The summed E-state index contributed by atoms with van der Waals surface area (Å²) in [4.78, 5) is 20.2. The highest BCUT2D eigenvalue weighted by Gasteiger charge is 2.05. The molecule has 5 nitrogen and oxygen atoms in total. The third-order valence-corrected chi connectivity index (χ3v) is 3.46. The number of unbranched alkanes of at least 4 members (excludes halogenated alkanes) is 1. The normalized spacial score (nSPS) is 10.4. The van der Waals surface area contributed by atoms with Crippen LogP contribution in [-0.4, -0.2) is 29.2 Å². The van der Waals surface area contributed by atoms with Crippen molar-refractivity contribution in [3.63, 3.8) is 0 Å². The number of carbonyl (C=O) groups is 1. The highest BCUT2D eigenvalue weighted by Crippen LogP contribution is 2.19. The molecule has 5 heteroatoms. The second-order valence-corrected chi connectivity index (χ2v) is 5.55. The van der Waals surface area contributed by atoms with Crippen molar-refractivity contribution in [3.05, 3.63) is 42.2 Å². The van der Waals surface area contributed by atoms with Crippen molar-refractivity contribution in [1.82, 2.24) is 9.97 Å². The van der Waals surface area contributed by atoms with E-state index in [1.54, 1.807) is 12.1 Å². The Labute approximate surface area is 143 Å². The number of aromatic nitrogens is 2. The van der Waals surface area contributed by atoms with Gasteiger partial charge < -0.3 is 9.47 Å². The number of hydrogen-bond acceptors (Lipinski definition) is 5. The monoisotopic (exact) mass is 328 g/mol. The van der Waals surface area contributed by atoms with Crippen molar-refractivity contribution in [2.45, 2.75) is 39.5 Å². The van der Waals surface area contributed by atoms with Crippen molar-refractivity contribution in [2.75, 3.05) is 13.2 Å². The molecular weight excluding hydrogens is 304 g/mol. The fraction of sp³-hybridized carbons (Fsp3) is 0.421. The van der Waals surface area contributed by atoms with E-state index in [0.717, 1.165) is 36.8 Å². The van der Waals surface area contributed by atoms with E-state index in [4.69, 9.17) is 9.47 Å². The number of rotatable bonds is 9. The summed E-state index contributed by atoms with van der Waals surface area (Å²) in [6.07, 6.45) is 7.89. The molecule has 2 rings (SSSR count). The number of esters is 1. The summed E-state index contributed by atoms with van der Waals surface area (Å²) in [7, 11) is 0. The fourth-order valence-electron chi connectivity index (χ4n) is 2.11. The summed E-state index contributed by atoms with van der Waals surface area (Å²) in [6, 6.07) is 7.37. The van der Waals surface area contributed by atoms with Gasteiger partial charge in [0, 0.05) is 18.0 Å². The molecule has 0 radical (unpaired) electrons. The van der Waals surface area contributed by atoms with E-state index in [9.17, 15) is 4.79 Å². The molecule has 0 N–H and O–H groups in total. The maximum atomic E-state index is 11.4. The summed E-state index contributed by atoms with van der Waals surface area (Å²) in [5.41, 5.74) is 2.07. The minimum absolute atomic E-state index is 0.0814. The molecular formula is C19H24N2O3. The van der Waals surface area contributed by atoms with Crippen LogP contribution in [0.25, 0.3) is 11.4 Å². The summed E-state index contributed by atoms with van der Waals surface area (Å²) in [5, 5.41) is 0. The van der Waals surface area contributed by atoms with E-state index < -0.39 is 0 Å². The van der Waals surface area contributed by atoms with Crippen LogP contribution in [0.3, 0.4) is 0 Å². The summed E-state index contributed by atoms with van der Waals surface area (Å²) in [5.74, 6) is 0.947. The molecule has 0 amide bonds. The second kappa shape index (κ2) is 9.65. The smallest absolute Gasteiger partial charge is 0.344 e. The first-order valence-electron chi connectivity index (χ1n) is 8.42. The van der Waals surface area contributed by atoms with Crippen molar-refractivity contribution in [2.24, 2.45) is 0 Å². The molecule has 0 spiro atoms. The van der Waals surface area contributed by atoms with Crippen LogP contribution >= 0.6 is 0 Å². The molecule has 0 unspecified atom stereocenters. The topological polar surface area (TPSA) is 61.3 Å². The van der Waals surface area contributed by atoms with Gasteiger partial charge in [0.2, 0.25) is 0 Å². The zero-order chi connectivity index (χ0) is 17.2. The zero-order valence-electron chi connectivity index (χ0n) is 14.3. The van der Waals surface area contributed by atoms with Gasteiger partial charge in [-0.1, -0.05) is 20.3 Å². The molecule has 0 aliphatic carbocycles. The molecule has 0 saturated carbocycles. The molecule has 0 bridgehead atoms. The molecule has 1 aromatic carbocycles. The first-order chi connectivity index (χ1) is 11.7. The van der Waals surface area contributed by atoms with E-state index in [2.05, 4.69) is 16.9 Å². The fourth-order valence-corrected chi connectivity index (χ4v) is 2.11. The van der Waals surface area contributed by atoms with Crippen LogP contribution in [0.2, 0.25) is 0 Å². The third kappa shape index (κ3) is 5.65. The predicted octanol–water partition coefficient (Wildman–Crippen LogP) is 3.82. The molecule has 0 aliphatic heterocycles. The molecule has 1 heterocycles. The van der Waals surface area contributed by atoms with Crippen LogP contribution in [0.5, 0.6) is 5.75 Å². The van der Waals surface area contributed by atoms with Gasteiger partial charge in [0.1, 0.15) is 5.75 Å². The quantitative estimate of drug-likeness (QED) is 0.655. The first-order valence-corrected chi connectivity index (χ1v) is 8.42. The summed E-state index contributed by atoms with van der Waals surface area (Å²) in [6.45, 7) is 4.46. The molecule has 0 saturated heterocycles. The molecule has 24 heavy (non-hydrogen) atoms. The Morgan fingerprint density at radius 2 is 1.75 bits per heavy atom. The van der Waals surface area contributed by atoms with Gasteiger partial charge in [0.05, 0.1) is 6.61 Å². The highest BCUT2D eigenvalue weighted by molar-refractivity contribution is 5.71. The van der Waals surface area contributed by atoms with Crippen molar-refractivity contribution >= 4 is 5.97 Å². The van der Waals surface area contributed by atoms with Crippen molar-refractivity contribution < 1.29 is 14.3 Å². The lowest BCUT2D eigenvalue weighted by Gasteiger charge is -2.07. The van der Waals surface area contributed by atoms with Gasteiger partial charge in [0.25, 0.3) is 0 Å². The average molecular weight is 328 g/mol. The number of nitrogens with zero attached hydrogens (tertiary/aromatic N) is 2. The lowest BCUT2D eigenvalue weighted by atomic mass is 10.1. The van der Waals surface area contributed by atoms with E-state index in [0.29, 0.717) is 18.2 Å². The Hall–Kier alpha value is -2.43. The zero-order valence-corrected chi connectivity index (χ0v) is 14.3. The summed E-state index contributed by atoms with van der Waals surface area (Å²) >= 11 is 0. The maximum Gasteiger partial charge on any atom is 0.344 e. The number of carbonyl (C=O) groups excluding carboxylic acids is 1. The number of ether oxygens (including phenoxy) is 2. The highest BCUT2D eigenvalue weighted by atomic mass is 16.6. The minimum Gasteiger partial charge on any atom is -0.482 e. The van der Waals surface area contributed by atoms with Crippen LogP contribution in [0.1, 0.15) is 38.7 Å². The number of benzene rings is 1. The second-order valence-electron chi connectivity index (χ2n) is 5.55. The van der Waals surface area contributed by atoms with Gasteiger partial charge in [0.15, 0.2) is 12.4 Å². The molecule has 0 fully saturated rings. The van der Waals surface area contributed by atoms with Crippen LogP contribution < -0.4 is 4.74 Å². The molecule has 128 valence electrons. The van der Waals surface area contributed by atoms with E-state index in [-0.39, 0.29) is 12.6 Å². The van der Waals surface area contributed by atoms with Crippen LogP contribution in [-0.2, 0) is 16.0 Å². The lowest BCUT2D eigenvalue weighted by Crippen LogP contribution is -2.15. The van der Waals surface area contributed by atoms with Gasteiger partial charge >= 0.3 is 5.97 Å². The standard InChI is InChI=1S/C19H24N2O3/c1-3-5-6-15-12-20-19(21-13-15)16-7-9-17(10-8-16)24-14-18(22)23-11-4-2/h7-10,12-13H,3-6,11,14H2,1-2H3. The molecule has 0 atom stereocenters. The molecule has 1 aromatic heterocycles. The van der Waals surface area contributed by atoms with Crippen LogP contribution in [0, 0.1) is 0 Å². The Kier molecular flexibility index (Phi) is 7.21. The average Bonchev–Trinajstić information content (AvgIpc) is 2.64. The van der Waals surface area contributed by atoms with Gasteiger partial charge in [-0.2, -0.15) is 0 Å². The Bertz CT molecular complexity index is 624. The molecule has 2 aromatic rings. The van der Waals surface area contributed by atoms with E-state index in [1.807, 2.05) is 31.5 Å². The number of aryl methyl sites for hydroxylation is 1. The largest absolute Gasteiger partial charge is 0.482 e. The van der Waals surface area contributed by atoms with Gasteiger partial charge in [-0.05, 0) is 49.1 Å². The Balaban J connectivity index is 1.90. The van der Waals surface area contributed by atoms with Crippen molar-refractivity contribution in [3.8, 4) is 17.1 Å². The lowest BCUT2D eigenvalue weighted by molar-refractivity contribution is -0.146.